The Morgan fingerprint density at radius 3 is 2.77 bits per heavy atom. The van der Waals surface area contributed by atoms with Crippen molar-refractivity contribution < 1.29 is 4.74 Å². The lowest BCUT2D eigenvalue weighted by molar-refractivity contribution is 0.313. The van der Waals surface area contributed by atoms with Crippen LogP contribution >= 0.6 is 0 Å². The lowest BCUT2D eigenvalue weighted by Gasteiger charge is -2.07. The first-order chi connectivity index (χ1) is 6.24. The highest BCUT2D eigenvalue weighted by Crippen LogP contribution is 2.18. The number of anilines is 1. The van der Waals surface area contributed by atoms with E-state index in [2.05, 4.69) is 0 Å². The summed E-state index contributed by atoms with van der Waals surface area (Å²) in [5.74, 6) is 0.861. The molecule has 0 bridgehead atoms. The minimum Gasteiger partial charge on any atom is -0.494 e. The van der Waals surface area contributed by atoms with E-state index < -0.39 is 0 Å². The van der Waals surface area contributed by atoms with E-state index in [-0.39, 0.29) is 0 Å². The third-order valence-electron chi connectivity index (χ3n) is 1.86. The molecule has 1 rings (SSSR count). The molecule has 3 heteroatoms. The highest BCUT2D eigenvalue weighted by molar-refractivity contribution is 5.49. The first kappa shape index (κ1) is 9.86. The van der Waals surface area contributed by atoms with Gasteiger partial charge in [-0.3, -0.25) is 0 Å². The van der Waals surface area contributed by atoms with Gasteiger partial charge in [-0.05, 0) is 43.7 Å². The van der Waals surface area contributed by atoms with Crippen molar-refractivity contribution in [2.45, 2.75) is 13.3 Å². The zero-order chi connectivity index (χ0) is 9.68. The van der Waals surface area contributed by atoms with Crippen LogP contribution in [0.15, 0.2) is 18.2 Å². The lowest BCUT2D eigenvalue weighted by Crippen LogP contribution is -2.06. The van der Waals surface area contributed by atoms with Gasteiger partial charge in [-0.25, -0.2) is 0 Å². The van der Waals surface area contributed by atoms with Crippen molar-refractivity contribution >= 4 is 5.69 Å². The van der Waals surface area contributed by atoms with Crippen LogP contribution in [-0.2, 0) is 0 Å². The van der Waals surface area contributed by atoms with Gasteiger partial charge in [0, 0.05) is 5.69 Å². The zero-order valence-corrected chi connectivity index (χ0v) is 7.92. The van der Waals surface area contributed by atoms with Gasteiger partial charge in [-0.2, -0.15) is 0 Å². The summed E-state index contributed by atoms with van der Waals surface area (Å²) in [6, 6.07) is 5.66. The van der Waals surface area contributed by atoms with Crippen molar-refractivity contribution in [2.24, 2.45) is 5.73 Å². The smallest absolute Gasteiger partial charge is 0.119 e. The Kier molecular flexibility index (Phi) is 3.58. The zero-order valence-electron chi connectivity index (χ0n) is 7.92. The second-order valence-electron chi connectivity index (χ2n) is 3.01. The summed E-state index contributed by atoms with van der Waals surface area (Å²) in [4.78, 5) is 0. The predicted octanol–water partition coefficient (Wildman–Crippen LogP) is 1.30. The van der Waals surface area contributed by atoms with Crippen molar-refractivity contribution in [1.82, 2.24) is 0 Å². The normalized spacial score (nSPS) is 10.0. The van der Waals surface area contributed by atoms with Gasteiger partial charge in [-0.1, -0.05) is 0 Å². The van der Waals surface area contributed by atoms with Crippen LogP contribution < -0.4 is 16.2 Å². The largest absolute Gasteiger partial charge is 0.494 e. The third kappa shape index (κ3) is 2.95. The molecular weight excluding hydrogens is 164 g/mol. The molecule has 0 heterocycles. The number of hydrogen-bond acceptors (Lipinski definition) is 3. The summed E-state index contributed by atoms with van der Waals surface area (Å²) in [6.45, 7) is 3.29. The molecule has 0 fully saturated rings. The molecule has 1 aromatic carbocycles. The SMILES string of the molecule is Cc1cc(OCCCN)ccc1N. The number of aryl methyl sites for hydroxylation is 1. The fourth-order valence-corrected chi connectivity index (χ4v) is 1.01. The minimum absolute atomic E-state index is 0.661. The number of benzene rings is 1. The fourth-order valence-electron chi connectivity index (χ4n) is 1.01. The molecule has 0 aliphatic carbocycles. The van der Waals surface area contributed by atoms with Gasteiger partial charge in [0.05, 0.1) is 6.61 Å². The van der Waals surface area contributed by atoms with Gasteiger partial charge >= 0.3 is 0 Å². The molecule has 3 nitrogen and oxygen atoms in total. The van der Waals surface area contributed by atoms with E-state index in [1.165, 1.54) is 0 Å². The Bertz CT molecular complexity index is 274. The summed E-state index contributed by atoms with van der Waals surface area (Å²) in [5.41, 5.74) is 12.9. The molecule has 0 aromatic heterocycles. The van der Waals surface area contributed by atoms with E-state index in [1.54, 1.807) is 0 Å². The molecule has 72 valence electrons. The van der Waals surface area contributed by atoms with E-state index in [9.17, 15) is 0 Å². The van der Waals surface area contributed by atoms with E-state index in [4.69, 9.17) is 16.2 Å². The highest BCUT2D eigenvalue weighted by atomic mass is 16.5. The molecule has 0 radical (unpaired) electrons. The lowest BCUT2D eigenvalue weighted by atomic mass is 10.2. The molecule has 13 heavy (non-hydrogen) atoms. The van der Waals surface area contributed by atoms with Crippen LogP contribution in [0.5, 0.6) is 5.75 Å². The summed E-state index contributed by atoms with van der Waals surface area (Å²) in [6.07, 6.45) is 0.878. The Hall–Kier alpha value is -1.22. The first-order valence-electron chi connectivity index (χ1n) is 4.43. The van der Waals surface area contributed by atoms with Crippen LogP contribution in [0.1, 0.15) is 12.0 Å². The van der Waals surface area contributed by atoms with E-state index >= 15 is 0 Å². The van der Waals surface area contributed by atoms with Crippen LogP contribution in [0.3, 0.4) is 0 Å². The summed E-state index contributed by atoms with van der Waals surface area (Å²) < 4.78 is 5.45. The van der Waals surface area contributed by atoms with E-state index in [0.717, 1.165) is 23.4 Å². The molecule has 0 spiro atoms. The predicted molar refractivity (Wildman–Crippen MR) is 54.8 cm³/mol. The van der Waals surface area contributed by atoms with Crippen molar-refractivity contribution in [3.05, 3.63) is 23.8 Å². The number of rotatable bonds is 4. The van der Waals surface area contributed by atoms with Crippen molar-refractivity contribution in [2.75, 3.05) is 18.9 Å². The topological polar surface area (TPSA) is 61.3 Å². The molecular formula is C10H16N2O. The molecule has 0 amide bonds. The Balaban J connectivity index is 2.53. The van der Waals surface area contributed by atoms with Gasteiger partial charge in [-0.15, -0.1) is 0 Å². The monoisotopic (exact) mass is 180 g/mol. The van der Waals surface area contributed by atoms with Crippen LogP contribution in [0, 0.1) is 6.92 Å². The average Bonchev–Trinajstić information content (AvgIpc) is 2.12. The molecule has 0 unspecified atom stereocenters. The molecule has 0 aliphatic heterocycles. The molecule has 0 saturated heterocycles. The molecule has 0 aliphatic rings. The summed E-state index contributed by atoms with van der Waals surface area (Å²) >= 11 is 0. The molecule has 0 saturated carbocycles. The van der Waals surface area contributed by atoms with Crippen molar-refractivity contribution in [1.29, 1.82) is 0 Å². The summed E-state index contributed by atoms with van der Waals surface area (Å²) in [5, 5.41) is 0. The minimum atomic E-state index is 0.661. The number of nitrogen functional groups attached to an aromatic ring is 1. The Labute approximate surface area is 78.7 Å². The van der Waals surface area contributed by atoms with Crippen molar-refractivity contribution in [3.63, 3.8) is 0 Å². The van der Waals surface area contributed by atoms with E-state index in [1.807, 2.05) is 25.1 Å². The van der Waals surface area contributed by atoms with E-state index in [0.29, 0.717) is 13.2 Å². The second-order valence-corrected chi connectivity index (χ2v) is 3.01. The maximum atomic E-state index is 5.67. The second kappa shape index (κ2) is 4.72. The maximum absolute atomic E-state index is 5.67. The maximum Gasteiger partial charge on any atom is 0.119 e. The van der Waals surface area contributed by atoms with Gasteiger partial charge in [0.25, 0.3) is 0 Å². The Morgan fingerprint density at radius 2 is 2.15 bits per heavy atom. The van der Waals surface area contributed by atoms with Crippen LogP contribution in [0.4, 0.5) is 5.69 Å². The van der Waals surface area contributed by atoms with Gasteiger partial charge in [0.1, 0.15) is 5.75 Å². The molecule has 0 atom stereocenters. The quantitative estimate of drug-likeness (QED) is 0.542. The number of nitrogens with two attached hydrogens (primary N) is 2. The summed E-state index contributed by atoms with van der Waals surface area (Å²) in [7, 11) is 0. The van der Waals surface area contributed by atoms with Gasteiger partial charge in [0.15, 0.2) is 0 Å². The third-order valence-corrected chi connectivity index (χ3v) is 1.86. The number of hydrogen-bond donors (Lipinski definition) is 2. The van der Waals surface area contributed by atoms with Gasteiger partial charge in [0.2, 0.25) is 0 Å². The molecule has 4 N–H and O–H groups in total. The van der Waals surface area contributed by atoms with Crippen LogP contribution in [0.25, 0.3) is 0 Å². The van der Waals surface area contributed by atoms with Crippen LogP contribution in [0.2, 0.25) is 0 Å². The average molecular weight is 180 g/mol. The van der Waals surface area contributed by atoms with Crippen molar-refractivity contribution in [3.8, 4) is 5.75 Å². The van der Waals surface area contributed by atoms with Gasteiger partial charge < -0.3 is 16.2 Å². The Morgan fingerprint density at radius 1 is 1.38 bits per heavy atom. The van der Waals surface area contributed by atoms with Crippen LogP contribution in [-0.4, -0.2) is 13.2 Å². The molecule has 1 aromatic rings. The number of ether oxygens (including phenoxy) is 1. The fraction of sp³-hybridized carbons (Fsp3) is 0.400. The standard InChI is InChI=1S/C10H16N2O/c1-8-7-9(3-4-10(8)12)13-6-2-5-11/h3-4,7H,2,5-6,11-12H2,1H3. The highest BCUT2D eigenvalue weighted by Gasteiger charge is 1.96. The first-order valence-corrected chi connectivity index (χ1v) is 4.43.